The van der Waals surface area contributed by atoms with Gasteiger partial charge in [0.1, 0.15) is 0 Å². The molecule has 1 aromatic heterocycles. The van der Waals surface area contributed by atoms with Gasteiger partial charge in [0, 0.05) is 54.5 Å². The molecule has 0 spiro atoms. The topological polar surface area (TPSA) is 92.5 Å². The van der Waals surface area contributed by atoms with E-state index in [-0.39, 0.29) is 11.7 Å². The number of fused-ring (bicyclic) bond motifs is 2. The van der Waals surface area contributed by atoms with E-state index in [1.54, 1.807) is 6.07 Å². The van der Waals surface area contributed by atoms with Crippen LogP contribution in [0.15, 0.2) is 48.5 Å². The highest BCUT2D eigenvalue weighted by Crippen LogP contribution is 2.34. The summed E-state index contributed by atoms with van der Waals surface area (Å²) in [6, 6.07) is 18.7. The van der Waals surface area contributed by atoms with Crippen molar-refractivity contribution in [3.63, 3.8) is 0 Å². The molecule has 3 aromatic rings. The van der Waals surface area contributed by atoms with Crippen LogP contribution in [-0.2, 0) is 13.0 Å². The van der Waals surface area contributed by atoms with Crippen molar-refractivity contribution in [2.24, 2.45) is 0 Å². The van der Waals surface area contributed by atoms with Crippen LogP contribution in [0.1, 0.15) is 28.2 Å². The standard InChI is InChI=1S/C25H25N5O2/c26-10-8-18-15-30(13-11-27-18)24-14-21(25(31)32)28-22-16-29(12-9-20(22)24)23-7-3-5-17-4-1-2-6-19(17)23/h1-7,14,18,27H,8-9,11-13,15-16H2,(H,31,32)/t18-/m0/s1. The van der Waals surface area contributed by atoms with E-state index in [9.17, 15) is 9.90 Å². The molecule has 1 atom stereocenters. The maximum absolute atomic E-state index is 11.9. The van der Waals surface area contributed by atoms with Gasteiger partial charge in [-0.05, 0) is 23.9 Å². The van der Waals surface area contributed by atoms with Crippen molar-refractivity contribution in [1.82, 2.24) is 10.3 Å². The van der Waals surface area contributed by atoms with Crippen molar-refractivity contribution in [2.75, 3.05) is 36.0 Å². The van der Waals surface area contributed by atoms with Crippen LogP contribution in [0.5, 0.6) is 0 Å². The molecule has 2 aliphatic rings. The van der Waals surface area contributed by atoms with Crippen LogP contribution in [0.25, 0.3) is 10.8 Å². The van der Waals surface area contributed by atoms with Crippen LogP contribution in [0.4, 0.5) is 11.4 Å². The highest BCUT2D eigenvalue weighted by molar-refractivity contribution is 5.94. The largest absolute Gasteiger partial charge is 0.477 e. The first kappa shape index (κ1) is 20.3. The Morgan fingerprint density at radius 2 is 2.00 bits per heavy atom. The van der Waals surface area contributed by atoms with Gasteiger partial charge >= 0.3 is 5.97 Å². The zero-order valence-corrected chi connectivity index (χ0v) is 17.8. The summed E-state index contributed by atoms with van der Waals surface area (Å²) in [6.45, 7) is 3.66. The number of nitrogens with one attached hydrogen (secondary N) is 1. The Morgan fingerprint density at radius 3 is 2.84 bits per heavy atom. The van der Waals surface area contributed by atoms with Crippen LogP contribution >= 0.6 is 0 Å². The molecule has 1 saturated heterocycles. The Bertz CT molecular complexity index is 1210. The lowest BCUT2D eigenvalue weighted by molar-refractivity contribution is 0.0690. The molecule has 5 rings (SSSR count). The molecule has 7 heteroatoms. The zero-order valence-electron chi connectivity index (χ0n) is 17.8. The van der Waals surface area contributed by atoms with Gasteiger partial charge in [0.25, 0.3) is 0 Å². The molecular formula is C25H25N5O2. The molecule has 32 heavy (non-hydrogen) atoms. The molecule has 7 nitrogen and oxygen atoms in total. The molecule has 2 aliphatic heterocycles. The molecule has 0 amide bonds. The number of aromatic nitrogens is 1. The third-order valence-electron chi connectivity index (χ3n) is 6.42. The minimum Gasteiger partial charge on any atom is -0.477 e. The SMILES string of the molecule is N#CC[C@H]1CN(c2cc(C(=O)O)nc3c2CCN(c2cccc4ccccc24)C3)CCN1. The lowest BCUT2D eigenvalue weighted by Gasteiger charge is -2.38. The first-order valence-electron chi connectivity index (χ1n) is 11.0. The van der Waals surface area contributed by atoms with E-state index in [2.05, 4.69) is 56.5 Å². The van der Waals surface area contributed by atoms with E-state index in [0.717, 1.165) is 48.7 Å². The number of pyridine rings is 1. The van der Waals surface area contributed by atoms with Gasteiger partial charge in [-0.2, -0.15) is 5.26 Å². The number of rotatable bonds is 4. The second-order valence-corrected chi connectivity index (χ2v) is 8.39. The first-order chi connectivity index (χ1) is 15.6. The van der Waals surface area contributed by atoms with Gasteiger partial charge in [-0.15, -0.1) is 0 Å². The van der Waals surface area contributed by atoms with Crippen molar-refractivity contribution >= 4 is 28.1 Å². The van der Waals surface area contributed by atoms with Gasteiger partial charge in [0.15, 0.2) is 5.69 Å². The van der Waals surface area contributed by atoms with Crippen LogP contribution < -0.4 is 15.1 Å². The Morgan fingerprint density at radius 1 is 1.16 bits per heavy atom. The molecule has 0 saturated carbocycles. The predicted octanol–water partition coefficient (Wildman–Crippen LogP) is 3.19. The summed E-state index contributed by atoms with van der Waals surface area (Å²) in [7, 11) is 0. The lowest BCUT2D eigenvalue weighted by atomic mass is 9.98. The Kier molecular flexibility index (Phi) is 5.38. The van der Waals surface area contributed by atoms with Crippen molar-refractivity contribution in [2.45, 2.75) is 25.4 Å². The Balaban J connectivity index is 1.52. The average Bonchev–Trinajstić information content (AvgIpc) is 2.83. The second-order valence-electron chi connectivity index (χ2n) is 8.39. The van der Waals surface area contributed by atoms with Crippen LogP contribution in [0, 0.1) is 11.3 Å². The Hall–Kier alpha value is -3.63. The van der Waals surface area contributed by atoms with E-state index >= 15 is 0 Å². The molecule has 0 aliphatic carbocycles. The number of hydrogen-bond acceptors (Lipinski definition) is 6. The van der Waals surface area contributed by atoms with E-state index in [1.165, 1.54) is 10.8 Å². The summed E-state index contributed by atoms with van der Waals surface area (Å²) >= 11 is 0. The number of carboxylic acids is 1. The number of nitriles is 1. The fraction of sp³-hybridized carbons (Fsp3) is 0.320. The van der Waals surface area contributed by atoms with Crippen molar-refractivity contribution < 1.29 is 9.90 Å². The van der Waals surface area contributed by atoms with Gasteiger partial charge in [-0.1, -0.05) is 36.4 Å². The number of aromatic carboxylic acids is 1. The van der Waals surface area contributed by atoms with Crippen molar-refractivity contribution in [3.05, 3.63) is 65.5 Å². The summed E-state index contributed by atoms with van der Waals surface area (Å²) in [5.41, 5.74) is 4.14. The molecule has 2 aromatic carbocycles. The number of piperazine rings is 1. The smallest absolute Gasteiger partial charge is 0.354 e. The van der Waals surface area contributed by atoms with Gasteiger partial charge in [0.2, 0.25) is 0 Å². The van der Waals surface area contributed by atoms with Gasteiger partial charge < -0.3 is 20.2 Å². The number of anilines is 2. The lowest BCUT2D eigenvalue weighted by Crippen LogP contribution is -2.51. The fourth-order valence-corrected chi connectivity index (χ4v) is 4.89. The summed E-state index contributed by atoms with van der Waals surface area (Å²) in [5.74, 6) is -1.01. The predicted molar refractivity (Wildman–Crippen MR) is 124 cm³/mol. The van der Waals surface area contributed by atoms with Crippen molar-refractivity contribution in [1.29, 1.82) is 5.26 Å². The molecule has 162 valence electrons. The summed E-state index contributed by atoms with van der Waals surface area (Å²) in [6.07, 6.45) is 1.23. The van der Waals surface area contributed by atoms with E-state index in [4.69, 9.17) is 5.26 Å². The van der Waals surface area contributed by atoms with Crippen molar-refractivity contribution in [3.8, 4) is 6.07 Å². The highest BCUT2D eigenvalue weighted by atomic mass is 16.4. The molecule has 0 bridgehead atoms. The first-order valence-corrected chi connectivity index (χ1v) is 11.0. The zero-order chi connectivity index (χ0) is 22.1. The maximum atomic E-state index is 11.9. The van der Waals surface area contributed by atoms with E-state index in [1.807, 2.05) is 12.1 Å². The van der Waals surface area contributed by atoms with Gasteiger partial charge in [-0.3, -0.25) is 0 Å². The maximum Gasteiger partial charge on any atom is 0.354 e. The Labute approximate surface area is 186 Å². The monoisotopic (exact) mass is 427 g/mol. The third kappa shape index (κ3) is 3.74. The minimum absolute atomic E-state index is 0.0777. The molecule has 0 unspecified atom stereocenters. The minimum atomic E-state index is -1.01. The van der Waals surface area contributed by atoms with Crippen LogP contribution in [-0.4, -0.2) is 48.3 Å². The molecule has 1 fully saturated rings. The summed E-state index contributed by atoms with van der Waals surface area (Å²) in [5, 5.41) is 24.6. The van der Waals surface area contributed by atoms with Crippen LogP contribution in [0.3, 0.4) is 0 Å². The van der Waals surface area contributed by atoms with Gasteiger partial charge in [-0.25, -0.2) is 9.78 Å². The highest BCUT2D eigenvalue weighted by Gasteiger charge is 2.28. The second kappa shape index (κ2) is 8.48. The summed E-state index contributed by atoms with van der Waals surface area (Å²) in [4.78, 5) is 20.9. The molecule has 0 radical (unpaired) electrons. The molecule has 2 N–H and O–H groups in total. The average molecular weight is 428 g/mol. The quantitative estimate of drug-likeness (QED) is 0.661. The number of carboxylic acid groups (broad SMARTS) is 1. The molecular weight excluding hydrogens is 402 g/mol. The third-order valence-corrected chi connectivity index (χ3v) is 6.42. The number of hydrogen-bond donors (Lipinski definition) is 2. The van der Waals surface area contributed by atoms with E-state index < -0.39 is 5.97 Å². The van der Waals surface area contributed by atoms with Gasteiger partial charge in [0.05, 0.1) is 24.7 Å². The van der Waals surface area contributed by atoms with Crippen LogP contribution in [0.2, 0.25) is 0 Å². The van der Waals surface area contributed by atoms with E-state index in [0.29, 0.717) is 19.5 Å². The molecule has 3 heterocycles. The summed E-state index contributed by atoms with van der Waals surface area (Å²) < 4.78 is 0. The number of carbonyl (C=O) groups is 1. The number of benzene rings is 2. The fourth-order valence-electron chi connectivity index (χ4n) is 4.89. The number of nitrogens with zero attached hydrogens (tertiary/aromatic N) is 4. The normalized spacial score (nSPS) is 18.3.